The molecule has 0 spiro atoms. The van der Waals surface area contributed by atoms with Crippen LogP contribution in [0.4, 0.5) is 0 Å². The number of piperidine rings is 1. The zero-order valence-electron chi connectivity index (χ0n) is 10.2. The number of nitrogens with zero attached hydrogens (tertiary/aromatic N) is 1. The predicted octanol–water partition coefficient (Wildman–Crippen LogP) is 0.829. The molecule has 0 aromatic rings. The SMILES string of the molecule is NCCCCCC(=O)N1CCCC(C(=O)O)C1. The average Bonchev–Trinajstić information content (AvgIpc) is 2.34. The standard InChI is InChI=1S/C12H22N2O3/c13-7-3-1-2-6-11(15)14-8-4-5-10(9-14)12(16)17/h10H,1-9,13H2,(H,16,17). The van der Waals surface area contributed by atoms with Gasteiger partial charge in [-0.1, -0.05) is 6.42 Å². The molecule has 0 saturated carbocycles. The van der Waals surface area contributed by atoms with Crippen LogP contribution in [0.25, 0.3) is 0 Å². The number of carbonyl (C=O) groups excluding carboxylic acids is 1. The summed E-state index contributed by atoms with van der Waals surface area (Å²) in [4.78, 5) is 24.4. The van der Waals surface area contributed by atoms with Crippen molar-refractivity contribution in [2.75, 3.05) is 19.6 Å². The number of carboxylic acid groups (broad SMARTS) is 1. The van der Waals surface area contributed by atoms with Crippen molar-refractivity contribution in [1.29, 1.82) is 0 Å². The summed E-state index contributed by atoms with van der Waals surface area (Å²) >= 11 is 0. The lowest BCUT2D eigenvalue weighted by Gasteiger charge is -2.30. The van der Waals surface area contributed by atoms with E-state index in [0.717, 1.165) is 25.7 Å². The molecule has 1 aliphatic heterocycles. The molecule has 1 atom stereocenters. The first kappa shape index (κ1) is 14.0. The third kappa shape index (κ3) is 4.73. The van der Waals surface area contributed by atoms with Crippen molar-refractivity contribution >= 4 is 11.9 Å². The molecule has 0 radical (unpaired) electrons. The Kier molecular flexibility index (Phi) is 5.97. The average molecular weight is 242 g/mol. The number of nitrogens with two attached hydrogens (primary N) is 1. The highest BCUT2D eigenvalue weighted by atomic mass is 16.4. The minimum atomic E-state index is -0.786. The van der Waals surface area contributed by atoms with Gasteiger partial charge in [0.25, 0.3) is 0 Å². The van der Waals surface area contributed by atoms with Crippen molar-refractivity contribution in [3.8, 4) is 0 Å². The maximum atomic E-state index is 11.8. The number of hydrogen-bond donors (Lipinski definition) is 2. The molecule has 17 heavy (non-hydrogen) atoms. The molecular weight excluding hydrogens is 220 g/mol. The quantitative estimate of drug-likeness (QED) is 0.676. The van der Waals surface area contributed by atoms with E-state index in [1.807, 2.05) is 0 Å². The summed E-state index contributed by atoms with van der Waals surface area (Å²) in [6.07, 6.45) is 4.78. The number of hydrogen-bond acceptors (Lipinski definition) is 3. The Labute approximate surface area is 102 Å². The molecular formula is C12H22N2O3. The lowest BCUT2D eigenvalue weighted by molar-refractivity contribution is -0.145. The Balaban J connectivity index is 2.28. The second-order valence-corrected chi connectivity index (χ2v) is 4.62. The highest BCUT2D eigenvalue weighted by Crippen LogP contribution is 2.17. The van der Waals surface area contributed by atoms with Crippen molar-refractivity contribution in [2.24, 2.45) is 11.7 Å². The molecule has 1 aliphatic rings. The lowest BCUT2D eigenvalue weighted by Crippen LogP contribution is -2.42. The molecule has 1 heterocycles. The van der Waals surface area contributed by atoms with Gasteiger partial charge in [0.1, 0.15) is 0 Å². The van der Waals surface area contributed by atoms with E-state index in [2.05, 4.69) is 0 Å². The molecule has 1 rings (SSSR count). The molecule has 1 amide bonds. The van der Waals surface area contributed by atoms with Crippen molar-refractivity contribution < 1.29 is 14.7 Å². The fraction of sp³-hybridized carbons (Fsp3) is 0.833. The molecule has 5 heteroatoms. The van der Waals surface area contributed by atoms with E-state index in [0.29, 0.717) is 32.5 Å². The molecule has 5 nitrogen and oxygen atoms in total. The molecule has 0 aliphatic carbocycles. The van der Waals surface area contributed by atoms with Crippen molar-refractivity contribution in [3.63, 3.8) is 0 Å². The Morgan fingerprint density at radius 3 is 2.71 bits per heavy atom. The van der Waals surface area contributed by atoms with Crippen molar-refractivity contribution in [1.82, 2.24) is 4.90 Å². The minimum absolute atomic E-state index is 0.0907. The smallest absolute Gasteiger partial charge is 0.308 e. The van der Waals surface area contributed by atoms with E-state index in [-0.39, 0.29) is 11.8 Å². The van der Waals surface area contributed by atoms with Gasteiger partial charge < -0.3 is 15.7 Å². The van der Waals surface area contributed by atoms with Gasteiger partial charge in [-0.3, -0.25) is 9.59 Å². The molecule has 0 aromatic heterocycles. The van der Waals surface area contributed by atoms with E-state index in [1.54, 1.807) is 4.90 Å². The van der Waals surface area contributed by atoms with Gasteiger partial charge >= 0.3 is 5.97 Å². The number of likely N-dealkylation sites (tertiary alicyclic amines) is 1. The first-order valence-electron chi connectivity index (χ1n) is 6.35. The van der Waals surface area contributed by atoms with Crippen LogP contribution in [0.1, 0.15) is 38.5 Å². The second kappa shape index (κ2) is 7.27. The highest BCUT2D eigenvalue weighted by Gasteiger charge is 2.27. The van der Waals surface area contributed by atoms with Gasteiger partial charge in [-0.25, -0.2) is 0 Å². The summed E-state index contributed by atoms with van der Waals surface area (Å²) in [5.41, 5.74) is 5.38. The Hall–Kier alpha value is -1.10. The number of carboxylic acids is 1. The normalized spacial score (nSPS) is 20.3. The van der Waals surface area contributed by atoms with Gasteiger partial charge in [-0.05, 0) is 32.2 Å². The Morgan fingerprint density at radius 1 is 1.29 bits per heavy atom. The molecule has 98 valence electrons. The number of aliphatic carboxylic acids is 1. The van der Waals surface area contributed by atoms with Crippen LogP contribution >= 0.6 is 0 Å². The zero-order valence-corrected chi connectivity index (χ0v) is 10.2. The Bertz CT molecular complexity index is 268. The number of amides is 1. The summed E-state index contributed by atoms with van der Waals surface area (Å²) < 4.78 is 0. The van der Waals surface area contributed by atoms with Gasteiger partial charge in [-0.2, -0.15) is 0 Å². The van der Waals surface area contributed by atoms with E-state index in [4.69, 9.17) is 10.8 Å². The lowest BCUT2D eigenvalue weighted by atomic mass is 9.98. The summed E-state index contributed by atoms with van der Waals surface area (Å²) in [5, 5.41) is 8.93. The summed E-state index contributed by atoms with van der Waals surface area (Å²) in [6, 6.07) is 0. The molecule has 1 fully saturated rings. The van der Waals surface area contributed by atoms with Gasteiger partial charge in [0.05, 0.1) is 5.92 Å². The minimum Gasteiger partial charge on any atom is -0.481 e. The molecule has 3 N–H and O–H groups in total. The Morgan fingerprint density at radius 2 is 2.06 bits per heavy atom. The highest BCUT2D eigenvalue weighted by molar-refractivity contribution is 5.78. The van der Waals surface area contributed by atoms with Crippen LogP contribution in [-0.2, 0) is 9.59 Å². The maximum Gasteiger partial charge on any atom is 0.308 e. The van der Waals surface area contributed by atoms with Crippen LogP contribution in [0, 0.1) is 5.92 Å². The number of rotatable bonds is 6. The summed E-state index contributed by atoms with van der Waals surface area (Å²) in [6.45, 7) is 1.75. The first-order valence-corrected chi connectivity index (χ1v) is 6.35. The van der Waals surface area contributed by atoms with E-state index < -0.39 is 5.97 Å². The molecule has 0 aromatic carbocycles. The number of unbranched alkanes of at least 4 members (excludes halogenated alkanes) is 2. The van der Waals surface area contributed by atoms with Crippen LogP contribution in [0.15, 0.2) is 0 Å². The largest absolute Gasteiger partial charge is 0.481 e. The monoisotopic (exact) mass is 242 g/mol. The van der Waals surface area contributed by atoms with E-state index in [9.17, 15) is 9.59 Å². The van der Waals surface area contributed by atoms with Gasteiger partial charge in [0.15, 0.2) is 0 Å². The fourth-order valence-corrected chi connectivity index (χ4v) is 2.16. The topological polar surface area (TPSA) is 83.6 Å². The fourth-order valence-electron chi connectivity index (χ4n) is 2.16. The van der Waals surface area contributed by atoms with Gasteiger partial charge in [0.2, 0.25) is 5.91 Å². The van der Waals surface area contributed by atoms with Crippen LogP contribution in [0.3, 0.4) is 0 Å². The summed E-state index contributed by atoms with van der Waals surface area (Å²) in [5.74, 6) is -1.07. The molecule has 0 bridgehead atoms. The van der Waals surface area contributed by atoms with Crippen molar-refractivity contribution in [2.45, 2.75) is 38.5 Å². The van der Waals surface area contributed by atoms with Crippen LogP contribution in [0.2, 0.25) is 0 Å². The van der Waals surface area contributed by atoms with Gasteiger partial charge in [-0.15, -0.1) is 0 Å². The molecule has 1 saturated heterocycles. The third-order valence-electron chi connectivity index (χ3n) is 3.22. The molecule has 1 unspecified atom stereocenters. The zero-order chi connectivity index (χ0) is 12.7. The van der Waals surface area contributed by atoms with Crippen LogP contribution in [0.5, 0.6) is 0 Å². The first-order chi connectivity index (χ1) is 8.15. The van der Waals surface area contributed by atoms with E-state index in [1.165, 1.54) is 0 Å². The van der Waals surface area contributed by atoms with Crippen molar-refractivity contribution in [3.05, 3.63) is 0 Å². The maximum absolute atomic E-state index is 11.8. The van der Waals surface area contributed by atoms with Gasteiger partial charge in [0, 0.05) is 19.5 Å². The van der Waals surface area contributed by atoms with E-state index >= 15 is 0 Å². The van der Waals surface area contributed by atoms with Crippen LogP contribution in [-0.4, -0.2) is 41.5 Å². The predicted molar refractivity (Wildman–Crippen MR) is 64.5 cm³/mol. The number of carbonyl (C=O) groups is 2. The summed E-state index contributed by atoms with van der Waals surface area (Å²) in [7, 11) is 0. The third-order valence-corrected chi connectivity index (χ3v) is 3.22. The van der Waals surface area contributed by atoms with Crippen LogP contribution < -0.4 is 5.73 Å². The second-order valence-electron chi connectivity index (χ2n) is 4.62.